The largest absolute Gasteiger partial charge is 0.481 e. The van der Waals surface area contributed by atoms with Gasteiger partial charge in [0.05, 0.1) is 33.6 Å². The normalized spacial score (nSPS) is 14.4. The number of hydrogen-bond donors (Lipinski definition) is 1. The number of hydrogen-bond acceptors (Lipinski definition) is 4. The van der Waals surface area contributed by atoms with Crippen LogP contribution >= 0.6 is 22.9 Å². The number of halogens is 1. The quantitative estimate of drug-likeness (QED) is 0.916. The molecule has 6 nitrogen and oxygen atoms in total. The summed E-state index contributed by atoms with van der Waals surface area (Å²) in [6, 6.07) is 5.37. The SMILES string of the molecule is O=C(O)CCc1cc2n(n1)CCCN(C(=O)c1ccc(Cl)s1)C2. The van der Waals surface area contributed by atoms with Gasteiger partial charge in [-0.25, -0.2) is 0 Å². The number of aromatic nitrogens is 2. The highest BCUT2D eigenvalue weighted by atomic mass is 35.5. The third-order valence-corrected chi connectivity index (χ3v) is 4.95. The summed E-state index contributed by atoms with van der Waals surface area (Å²) in [6.07, 6.45) is 1.29. The van der Waals surface area contributed by atoms with E-state index >= 15 is 0 Å². The Morgan fingerprint density at radius 1 is 1.35 bits per heavy atom. The third kappa shape index (κ3) is 3.73. The van der Waals surface area contributed by atoms with Crippen molar-refractivity contribution in [3.63, 3.8) is 0 Å². The smallest absolute Gasteiger partial charge is 0.303 e. The van der Waals surface area contributed by atoms with Gasteiger partial charge in [-0.15, -0.1) is 11.3 Å². The van der Waals surface area contributed by atoms with Crippen LogP contribution in [-0.4, -0.2) is 38.2 Å². The van der Waals surface area contributed by atoms with E-state index in [0.29, 0.717) is 28.7 Å². The van der Waals surface area contributed by atoms with Gasteiger partial charge >= 0.3 is 5.97 Å². The van der Waals surface area contributed by atoms with Gasteiger partial charge in [-0.05, 0) is 24.6 Å². The number of carboxylic acid groups (broad SMARTS) is 1. The van der Waals surface area contributed by atoms with Crippen LogP contribution < -0.4 is 0 Å². The van der Waals surface area contributed by atoms with Gasteiger partial charge in [0, 0.05) is 19.5 Å². The molecule has 122 valence electrons. The van der Waals surface area contributed by atoms with Crippen LogP contribution in [0.4, 0.5) is 0 Å². The molecule has 23 heavy (non-hydrogen) atoms. The van der Waals surface area contributed by atoms with E-state index in [1.165, 1.54) is 11.3 Å². The zero-order valence-corrected chi connectivity index (χ0v) is 13.9. The van der Waals surface area contributed by atoms with Gasteiger partial charge < -0.3 is 10.0 Å². The molecule has 0 aromatic carbocycles. The van der Waals surface area contributed by atoms with Crippen molar-refractivity contribution < 1.29 is 14.7 Å². The summed E-state index contributed by atoms with van der Waals surface area (Å²) in [5, 5.41) is 13.2. The maximum atomic E-state index is 12.6. The van der Waals surface area contributed by atoms with Crippen molar-refractivity contribution >= 4 is 34.8 Å². The summed E-state index contributed by atoms with van der Waals surface area (Å²) >= 11 is 7.19. The Kier molecular flexibility index (Phi) is 4.68. The molecule has 8 heteroatoms. The Morgan fingerprint density at radius 2 is 2.17 bits per heavy atom. The number of amides is 1. The average Bonchev–Trinajstić information content (AvgIpc) is 3.05. The van der Waals surface area contributed by atoms with Gasteiger partial charge in [0.1, 0.15) is 0 Å². The summed E-state index contributed by atoms with van der Waals surface area (Å²) in [4.78, 5) is 25.7. The summed E-state index contributed by atoms with van der Waals surface area (Å²) in [7, 11) is 0. The van der Waals surface area contributed by atoms with E-state index in [2.05, 4.69) is 5.10 Å². The van der Waals surface area contributed by atoms with E-state index in [0.717, 1.165) is 24.4 Å². The molecular weight excluding hydrogens is 338 g/mol. The topological polar surface area (TPSA) is 75.4 Å². The van der Waals surface area contributed by atoms with E-state index in [1.54, 1.807) is 17.0 Å². The molecule has 0 atom stereocenters. The molecule has 0 spiro atoms. The van der Waals surface area contributed by atoms with Crippen LogP contribution in [0.2, 0.25) is 4.34 Å². The maximum Gasteiger partial charge on any atom is 0.303 e. The van der Waals surface area contributed by atoms with Crippen molar-refractivity contribution in [2.75, 3.05) is 6.54 Å². The fraction of sp³-hybridized carbons (Fsp3) is 0.400. The molecule has 0 unspecified atom stereocenters. The second kappa shape index (κ2) is 6.72. The van der Waals surface area contributed by atoms with Crippen LogP contribution in [0, 0.1) is 0 Å². The first-order chi connectivity index (χ1) is 11.0. The number of carboxylic acids is 1. The number of fused-ring (bicyclic) bond motifs is 1. The van der Waals surface area contributed by atoms with Crippen LogP contribution in [0.1, 0.15) is 33.9 Å². The Balaban J connectivity index is 1.74. The van der Waals surface area contributed by atoms with E-state index < -0.39 is 5.97 Å². The van der Waals surface area contributed by atoms with Gasteiger partial charge in [-0.2, -0.15) is 5.10 Å². The number of thiophene rings is 1. The van der Waals surface area contributed by atoms with E-state index in [1.807, 2.05) is 10.7 Å². The van der Waals surface area contributed by atoms with Crippen molar-refractivity contribution in [1.29, 1.82) is 0 Å². The molecule has 1 amide bonds. The lowest BCUT2D eigenvalue weighted by molar-refractivity contribution is -0.136. The summed E-state index contributed by atoms with van der Waals surface area (Å²) in [6.45, 7) is 1.88. The molecule has 2 aromatic heterocycles. The Bertz CT molecular complexity index is 740. The molecule has 0 saturated heterocycles. The van der Waals surface area contributed by atoms with E-state index in [9.17, 15) is 9.59 Å². The van der Waals surface area contributed by atoms with Crippen LogP contribution in [0.3, 0.4) is 0 Å². The number of nitrogens with zero attached hydrogens (tertiary/aromatic N) is 3. The molecule has 0 saturated carbocycles. The highest BCUT2D eigenvalue weighted by Crippen LogP contribution is 2.24. The van der Waals surface area contributed by atoms with E-state index in [-0.39, 0.29) is 12.3 Å². The van der Waals surface area contributed by atoms with Crippen molar-refractivity contribution in [1.82, 2.24) is 14.7 Å². The van der Waals surface area contributed by atoms with Gasteiger partial charge in [-0.3, -0.25) is 14.3 Å². The first-order valence-electron chi connectivity index (χ1n) is 7.35. The third-order valence-electron chi connectivity index (χ3n) is 3.73. The molecule has 0 fully saturated rings. The van der Waals surface area contributed by atoms with Crippen LogP contribution in [0.25, 0.3) is 0 Å². The highest BCUT2D eigenvalue weighted by molar-refractivity contribution is 7.17. The molecule has 1 aliphatic rings. The van der Waals surface area contributed by atoms with Crippen molar-refractivity contribution in [2.24, 2.45) is 0 Å². The molecule has 2 aromatic rings. The fourth-order valence-electron chi connectivity index (χ4n) is 2.64. The Morgan fingerprint density at radius 3 is 2.87 bits per heavy atom. The van der Waals surface area contributed by atoms with Gasteiger partial charge in [0.25, 0.3) is 5.91 Å². The Hall–Kier alpha value is -1.86. The highest BCUT2D eigenvalue weighted by Gasteiger charge is 2.22. The van der Waals surface area contributed by atoms with Gasteiger partial charge in [-0.1, -0.05) is 11.6 Å². The number of carbonyl (C=O) groups is 2. The summed E-state index contributed by atoms with van der Waals surface area (Å²) in [5.41, 5.74) is 1.70. The monoisotopic (exact) mass is 353 g/mol. The maximum absolute atomic E-state index is 12.6. The number of carbonyl (C=O) groups excluding carboxylic acids is 1. The number of aliphatic carboxylic acids is 1. The van der Waals surface area contributed by atoms with Gasteiger partial charge in [0.2, 0.25) is 0 Å². The average molecular weight is 354 g/mol. The molecule has 0 aliphatic carbocycles. The number of aryl methyl sites for hydroxylation is 2. The minimum Gasteiger partial charge on any atom is -0.481 e. The zero-order valence-electron chi connectivity index (χ0n) is 12.4. The summed E-state index contributed by atoms with van der Waals surface area (Å²) < 4.78 is 2.48. The second-order valence-electron chi connectivity index (χ2n) is 5.43. The number of rotatable bonds is 4. The molecule has 1 N–H and O–H groups in total. The molecule has 3 heterocycles. The predicted octanol–water partition coefficient (Wildman–Crippen LogP) is 2.66. The van der Waals surface area contributed by atoms with Crippen LogP contribution in [-0.2, 0) is 24.3 Å². The van der Waals surface area contributed by atoms with Crippen molar-refractivity contribution in [2.45, 2.75) is 32.4 Å². The lowest BCUT2D eigenvalue weighted by Crippen LogP contribution is -2.30. The Labute approximate surface area is 142 Å². The zero-order chi connectivity index (χ0) is 16.4. The molecule has 0 bridgehead atoms. The molecule has 1 aliphatic heterocycles. The lowest BCUT2D eigenvalue weighted by atomic mass is 10.2. The van der Waals surface area contributed by atoms with Crippen molar-refractivity contribution in [3.8, 4) is 0 Å². The first kappa shape index (κ1) is 16.0. The van der Waals surface area contributed by atoms with E-state index in [4.69, 9.17) is 16.7 Å². The molecule has 0 radical (unpaired) electrons. The predicted molar refractivity (Wildman–Crippen MR) is 86.9 cm³/mol. The second-order valence-corrected chi connectivity index (χ2v) is 7.14. The standard InChI is InChI=1S/C15H16ClN3O3S/c16-13-4-3-12(23-13)15(22)18-6-1-7-19-11(9-18)8-10(17-19)2-5-14(20)21/h3-4,8H,1-2,5-7,9H2,(H,20,21). The minimum absolute atomic E-state index is 0.0244. The lowest BCUT2D eigenvalue weighted by Gasteiger charge is -2.19. The summed E-state index contributed by atoms with van der Waals surface area (Å²) in [5.74, 6) is -0.858. The van der Waals surface area contributed by atoms with Crippen LogP contribution in [0.15, 0.2) is 18.2 Å². The van der Waals surface area contributed by atoms with Gasteiger partial charge in [0.15, 0.2) is 0 Å². The first-order valence-corrected chi connectivity index (χ1v) is 8.54. The fourth-order valence-corrected chi connectivity index (χ4v) is 3.65. The molecular formula is C15H16ClN3O3S. The molecule has 3 rings (SSSR count). The van der Waals surface area contributed by atoms with Crippen LogP contribution in [0.5, 0.6) is 0 Å². The van der Waals surface area contributed by atoms with Crippen molar-refractivity contribution in [3.05, 3.63) is 38.8 Å². The minimum atomic E-state index is -0.834.